The highest BCUT2D eigenvalue weighted by molar-refractivity contribution is 9.10. The van der Waals surface area contributed by atoms with Gasteiger partial charge in [0, 0.05) is 6.20 Å². The smallest absolute Gasteiger partial charge is 0.260 e. The fraction of sp³-hybridized carbons (Fsp3) is 0.111. The topological polar surface area (TPSA) is 56.1 Å². The van der Waals surface area contributed by atoms with Crippen LogP contribution in [0.15, 0.2) is 59.2 Å². The van der Waals surface area contributed by atoms with Crippen LogP contribution in [-0.2, 0) is 6.54 Å². The van der Waals surface area contributed by atoms with Crippen molar-refractivity contribution < 1.29 is 13.9 Å². The number of hydrogen-bond donors (Lipinski definition) is 1. The maximum Gasteiger partial charge on any atom is 0.260 e. The van der Waals surface area contributed by atoms with Crippen LogP contribution in [-0.4, -0.2) is 22.8 Å². The van der Waals surface area contributed by atoms with Gasteiger partial charge in [-0.15, -0.1) is 0 Å². The number of nitrogens with one attached hydrogen (secondary N) is 1. The third-order valence-corrected chi connectivity index (χ3v) is 4.14. The molecule has 0 bridgehead atoms. The zero-order valence-electron chi connectivity index (χ0n) is 13.4. The summed E-state index contributed by atoms with van der Waals surface area (Å²) in [6, 6.07) is 13.1. The highest BCUT2D eigenvalue weighted by Crippen LogP contribution is 2.24. The molecule has 1 N–H and O–H groups in total. The number of amides is 1. The molecule has 1 heterocycles. The van der Waals surface area contributed by atoms with Crippen LogP contribution >= 0.6 is 15.9 Å². The first-order valence-electron chi connectivity index (χ1n) is 7.48. The maximum atomic E-state index is 13.0. The van der Waals surface area contributed by atoms with Crippen LogP contribution < -0.4 is 10.1 Å². The van der Waals surface area contributed by atoms with Crippen LogP contribution in [0.5, 0.6) is 5.75 Å². The predicted octanol–water partition coefficient (Wildman–Crippen LogP) is 4.09. The summed E-state index contributed by atoms with van der Waals surface area (Å²) in [7, 11) is 1.51. The van der Waals surface area contributed by atoms with E-state index < -0.39 is 0 Å². The highest BCUT2D eigenvalue weighted by atomic mass is 79.9. The normalized spacial score (nSPS) is 10.5. The summed E-state index contributed by atoms with van der Waals surface area (Å²) in [5, 5.41) is 7.11. The predicted molar refractivity (Wildman–Crippen MR) is 96.4 cm³/mol. The average molecular weight is 404 g/mol. The van der Waals surface area contributed by atoms with Gasteiger partial charge in [-0.3, -0.25) is 9.48 Å². The summed E-state index contributed by atoms with van der Waals surface area (Å²) in [6.45, 7) is 0.462. The first kappa shape index (κ1) is 17.2. The minimum atomic E-state index is -0.315. The Labute approximate surface area is 152 Å². The van der Waals surface area contributed by atoms with Crippen molar-refractivity contribution in [2.24, 2.45) is 0 Å². The van der Waals surface area contributed by atoms with Gasteiger partial charge in [-0.2, -0.15) is 5.10 Å². The molecule has 5 nitrogen and oxygen atoms in total. The molecule has 0 aliphatic carbocycles. The molecule has 0 atom stereocenters. The number of anilines is 1. The van der Waals surface area contributed by atoms with E-state index in [1.165, 1.54) is 19.2 Å². The molecule has 3 rings (SSSR count). The molecule has 0 fully saturated rings. The van der Waals surface area contributed by atoms with E-state index in [2.05, 4.69) is 26.3 Å². The van der Waals surface area contributed by atoms with Crippen molar-refractivity contribution in [3.8, 4) is 5.75 Å². The van der Waals surface area contributed by atoms with Gasteiger partial charge < -0.3 is 10.1 Å². The lowest BCUT2D eigenvalue weighted by molar-refractivity contribution is 0.102. The number of ether oxygens (including phenoxy) is 1. The number of carbonyl (C=O) groups excluding carboxylic acids is 1. The van der Waals surface area contributed by atoms with Gasteiger partial charge in [0.05, 0.1) is 23.7 Å². The summed E-state index contributed by atoms with van der Waals surface area (Å²) < 4.78 is 20.5. The molecule has 0 radical (unpaired) electrons. The van der Waals surface area contributed by atoms with Crippen molar-refractivity contribution >= 4 is 27.7 Å². The van der Waals surface area contributed by atoms with Gasteiger partial charge in [-0.05, 0) is 45.8 Å². The van der Waals surface area contributed by atoms with Gasteiger partial charge in [0.25, 0.3) is 5.91 Å². The van der Waals surface area contributed by atoms with Crippen molar-refractivity contribution in [2.75, 3.05) is 12.4 Å². The standard InChI is InChI=1S/C18H15BrFN3O2/c1-25-16-5-3-2-4-14(16)18(24)21-17-15(19)11-23(22-17)10-12-6-8-13(20)9-7-12/h2-9,11H,10H2,1H3,(H,21,22,24). The van der Waals surface area contributed by atoms with Crippen molar-refractivity contribution in [3.05, 3.63) is 76.1 Å². The first-order valence-corrected chi connectivity index (χ1v) is 8.28. The van der Waals surface area contributed by atoms with Crippen molar-refractivity contribution in [2.45, 2.75) is 6.54 Å². The second kappa shape index (κ2) is 7.48. The summed E-state index contributed by atoms with van der Waals surface area (Å²) in [4.78, 5) is 12.4. The Balaban J connectivity index is 1.76. The highest BCUT2D eigenvalue weighted by Gasteiger charge is 2.15. The number of aromatic nitrogens is 2. The number of methoxy groups -OCH3 is 1. The van der Waals surface area contributed by atoms with Gasteiger partial charge in [0.1, 0.15) is 11.6 Å². The van der Waals surface area contributed by atoms with E-state index in [-0.39, 0.29) is 11.7 Å². The Morgan fingerprint density at radius 3 is 2.68 bits per heavy atom. The Morgan fingerprint density at radius 1 is 1.24 bits per heavy atom. The van der Waals surface area contributed by atoms with Crippen molar-refractivity contribution in [3.63, 3.8) is 0 Å². The molecule has 0 spiro atoms. The van der Waals surface area contributed by atoms with E-state index in [1.54, 1.807) is 47.3 Å². The maximum absolute atomic E-state index is 13.0. The lowest BCUT2D eigenvalue weighted by Crippen LogP contribution is -2.14. The second-order valence-electron chi connectivity index (χ2n) is 5.30. The van der Waals surface area contributed by atoms with Crippen molar-refractivity contribution in [1.29, 1.82) is 0 Å². The summed E-state index contributed by atoms with van der Waals surface area (Å²) in [6.07, 6.45) is 1.75. The Kier molecular flexibility index (Phi) is 5.14. The summed E-state index contributed by atoms with van der Waals surface area (Å²) in [5.74, 6) is 0.292. The summed E-state index contributed by atoms with van der Waals surface area (Å²) in [5.41, 5.74) is 1.32. The van der Waals surface area contributed by atoms with Crippen LogP contribution in [0.3, 0.4) is 0 Å². The van der Waals surface area contributed by atoms with E-state index in [1.807, 2.05) is 0 Å². The summed E-state index contributed by atoms with van der Waals surface area (Å²) >= 11 is 3.39. The van der Waals surface area contributed by atoms with Crippen LogP contribution in [0, 0.1) is 5.82 Å². The van der Waals surface area contributed by atoms with Gasteiger partial charge >= 0.3 is 0 Å². The number of halogens is 2. The van der Waals surface area contributed by atoms with Gasteiger partial charge in [-0.25, -0.2) is 4.39 Å². The SMILES string of the molecule is COc1ccccc1C(=O)Nc1nn(Cc2ccc(F)cc2)cc1Br. The third-order valence-electron chi connectivity index (χ3n) is 3.56. The van der Waals surface area contributed by atoms with Crippen LogP contribution in [0.25, 0.3) is 0 Å². The minimum Gasteiger partial charge on any atom is -0.496 e. The number of carbonyl (C=O) groups is 1. The third kappa shape index (κ3) is 4.06. The molecule has 1 amide bonds. The fourth-order valence-electron chi connectivity index (χ4n) is 2.35. The number of benzene rings is 2. The van der Waals surface area contributed by atoms with Crippen LogP contribution in [0.2, 0.25) is 0 Å². The molecule has 0 unspecified atom stereocenters. The molecule has 3 aromatic rings. The van der Waals surface area contributed by atoms with Crippen LogP contribution in [0.1, 0.15) is 15.9 Å². The monoisotopic (exact) mass is 403 g/mol. The van der Waals surface area contributed by atoms with Gasteiger partial charge in [0.15, 0.2) is 5.82 Å². The Morgan fingerprint density at radius 2 is 1.96 bits per heavy atom. The Hall–Kier alpha value is -2.67. The molecule has 128 valence electrons. The average Bonchev–Trinajstić information content (AvgIpc) is 2.96. The number of hydrogen-bond acceptors (Lipinski definition) is 3. The molecular weight excluding hydrogens is 389 g/mol. The second-order valence-corrected chi connectivity index (χ2v) is 6.16. The first-order chi connectivity index (χ1) is 12.1. The molecule has 1 aromatic heterocycles. The van der Waals surface area contributed by atoms with Crippen molar-refractivity contribution in [1.82, 2.24) is 9.78 Å². The molecule has 0 aliphatic heterocycles. The fourth-order valence-corrected chi connectivity index (χ4v) is 2.76. The largest absolute Gasteiger partial charge is 0.496 e. The van der Waals surface area contributed by atoms with E-state index >= 15 is 0 Å². The zero-order valence-corrected chi connectivity index (χ0v) is 15.0. The molecule has 25 heavy (non-hydrogen) atoms. The van der Waals surface area contributed by atoms with E-state index in [9.17, 15) is 9.18 Å². The number of nitrogens with zero attached hydrogens (tertiary/aromatic N) is 2. The van der Waals surface area contributed by atoms with E-state index in [0.717, 1.165) is 5.56 Å². The van der Waals surface area contributed by atoms with Crippen LogP contribution in [0.4, 0.5) is 10.2 Å². The molecule has 7 heteroatoms. The molecule has 0 aliphatic rings. The number of para-hydroxylation sites is 1. The minimum absolute atomic E-state index is 0.282. The molecule has 2 aromatic carbocycles. The van der Waals surface area contributed by atoms with E-state index in [4.69, 9.17) is 4.74 Å². The van der Waals surface area contributed by atoms with E-state index in [0.29, 0.717) is 28.1 Å². The molecule has 0 saturated carbocycles. The molecular formula is C18H15BrFN3O2. The van der Waals surface area contributed by atoms with Gasteiger partial charge in [-0.1, -0.05) is 24.3 Å². The zero-order chi connectivity index (χ0) is 17.8. The molecule has 0 saturated heterocycles. The van der Waals surface area contributed by atoms with Gasteiger partial charge in [0.2, 0.25) is 0 Å². The number of rotatable bonds is 5. The Bertz CT molecular complexity index is 894. The lowest BCUT2D eigenvalue weighted by atomic mass is 10.2. The lowest BCUT2D eigenvalue weighted by Gasteiger charge is -2.07. The quantitative estimate of drug-likeness (QED) is 0.697.